The zero-order valence-corrected chi connectivity index (χ0v) is 20.7. The Balaban J connectivity index is 1.78. The maximum Gasteiger partial charge on any atom is 0.242 e. The van der Waals surface area contributed by atoms with Crippen LogP contribution in [0, 0.1) is 0 Å². The molecule has 1 aromatic heterocycles. The number of carbonyl (C=O) groups excluding carboxylic acids is 2. The largest absolute Gasteiger partial charge is 0.349 e. The van der Waals surface area contributed by atoms with Crippen molar-refractivity contribution in [3.8, 4) is 0 Å². The fourth-order valence-corrected chi connectivity index (χ4v) is 4.24. The Labute approximate surface area is 206 Å². The van der Waals surface area contributed by atoms with Crippen LogP contribution in [-0.2, 0) is 39.2 Å². The van der Waals surface area contributed by atoms with Crippen molar-refractivity contribution in [2.24, 2.45) is 0 Å². The van der Waals surface area contributed by atoms with Gasteiger partial charge in [0.2, 0.25) is 21.8 Å². The van der Waals surface area contributed by atoms with E-state index in [0.717, 1.165) is 21.7 Å². The number of aromatic nitrogens is 1. The van der Waals surface area contributed by atoms with E-state index in [1.54, 1.807) is 37.4 Å². The van der Waals surface area contributed by atoms with Crippen LogP contribution in [0.4, 0.5) is 0 Å². The third-order valence-electron chi connectivity index (χ3n) is 5.52. The van der Waals surface area contributed by atoms with Gasteiger partial charge in [-0.05, 0) is 30.2 Å². The minimum atomic E-state index is -3.68. The Kier molecular flexibility index (Phi) is 9.11. The van der Waals surface area contributed by atoms with Gasteiger partial charge in [0.15, 0.2) is 0 Å². The minimum Gasteiger partial charge on any atom is -0.349 e. The summed E-state index contributed by atoms with van der Waals surface area (Å²) in [6.45, 7) is 1.71. The van der Waals surface area contributed by atoms with Crippen molar-refractivity contribution in [3.05, 3.63) is 102 Å². The maximum absolute atomic E-state index is 13.4. The van der Waals surface area contributed by atoms with Crippen molar-refractivity contribution >= 4 is 21.8 Å². The standard InChI is InChI=1S/C26H30N4O4S/c1-21(26(32)28-17-24-15-9-10-16-27-24)30(19-23-13-7-4-8-14-23)25(31)20-29(35(2,33)34)18-22-11-5-3-6-12-22/h3-16,21H,17-20H2,1-2H3,(H,28,32)/t21-/m1/s1. The van der Waals surface area contributed by atoms with Gasteiger partial charge in [-0.15, -0.1) is 0 Å². The summed E-state index contributed by atoms with van der Waals surface area (Å²) in [4.78, 5) is 32.0. The molecule has 0 aliphatic rings. The van der Waals surface area contributed by atoms with Gasteiger partial charge in [0, 0.05) is 19.3 Å². The number of rotatable bonds is 11. The van der Waals surface area contributed by atoms with E-state index in [9.17, 15) is 18.0 Å². The summed E-state index contributed by atoms with van der Waals surface area (Å²) in [6, 6.07) is 22.9. The lowest BCUT2D eigenvalue weighted by Gasteiger charge is -2.31. The molecule has 3 aromatic rings. The van der Waals surface area contributed by atoms with E-state index in [1.165, 1.54) is 4.90 Å². The van der Waals surface area contributed by atoms with Crippen LogP contribution in [0.25, 0.3) is 0 Å². The van der Waals surface area contributed by atoms with Crippen LogP contribution >= 0.6 is 0 Å². The molecule has 0 spiro atoms. The predicted octanol–water partition coefficient (Wildman–Crippen LogP) is 2.58. The molecule has 9 heteroatoms. The van der Waals surface area contributed by atoms with Crippen LogP contribution in [0.15, 0.2) is 85.1 Å². The first-order valence-electron chi connectivity index (χ1n) is 11.2. The first kappa shape index (κ1) is 26.1. The highest BCUT2D eigenvalue weighted by Crippen LogP contribution is 2.14. The number of amides is 2. The molecule has 0 aliphatic carbocycles. The summed E-state index contributed by atoms with van der Waals surface area (Å²) in [5, 5.41) is 2.82. The predicted molar refractivity (Wildman–Crippen MR) is 134 cm³/mol. The van der Waals surface area contributed by atoms with E-state index in [0.29, 0.717) is 5.69 Å². The number of nitrogens with one attached hydrogen (secondary N) is 1. The van der Waals surface area contributed by atoms with Gasteiger partial charge in [-0.2, -0.15) is 4.31 Å². The van der Waals surface area contributed by atoms with Gasteiger partial charge >= 0.3 is 0 Å². The third-order valence-corrected chi connectivity index (χ3v) is 6.71. The Morgan fingerprint density at radius 1 is 0.886 bits per heavy atom. The Morgan fingerprint density at radius 2 is 1.46 bits per heavy atom. The van der Waals surface area contributed by atoms with E-state index in [-0.39, 0.29) is 32.1 Å². The molecule has 0 bridgehead atoms. The molecule has 35 heavy (non-hydrogen) atoms. The third kappa shape index (κ3) is 8.01. The smallest absolute Gasteiger partial charge is 0.242 e. The lowest BCUT2D eigenvalue weighted by atomic mass is 10.1. The zero-order chi connectivity index (χ0) is 25.3. The molecule has 1 heterocycles. The number of nitrogens with zero attached hydrogens (tertiary/aromatic N) is 3. The summed E-state index contributed by atoms with van der Waals surface area (Å²) < 4.78 is 26.1. The molecule has 1 atom stereocenters. The number of benzene rings is 2. The van der Waals surface area contributed by atoms with Crippen LogP contribution in [0.2, 0.25) is 0 Å². The second kappa shape index (κ2) is 12.2. The second-order valence-electron chi connectivity index (χ2n) is 8.24. The van der Waals surface area contributed by atoms with E-state index in [4.69, 9.17) is 0 Å². The lowest BCUT2D eigenvalue weighted by Crippen LogP contribution is -2.50. The fourth-order valence-electron chi connectivity index (χ4n) is 3.51. The van der Waals surface area contributed by atoms with Crippen LogP contribution in [0.1, 0.15) is 23.7 Å². The molecule has 2 amide bonds. The Hall–Kier alpha value is -3.56. The summed E-state index contributed by atoms with van der Waals surface area (Å²) in [5.74, 6) is -0.815. The lowest BCUT2D eigenvalue weighted by molar-refractivity contribution is -0.140. The van der Waals surface area contributed by atoms with Gasteiger partial charge in [0.05, 0.1) is 25.0 Å². The summed E-state index contributed by atoms with van der Waals surface area (Å²) in [7, 11) is -3.68. The highest BCUT2D eigenvalue weighted by atomic mass is 32.2. The topological polar surface area (TPSA) is 99.7 Å². The van der Waals surface area contributed by atoms with Gasteiger partial charge in [-0.25, -0.2) is 8.42 Å². The maximum atomic E-state index is 13.4. The van der Waals surface area contributed by atoms with E-state index in [1.807, 2.05) is 54.6 Å². The zero-order valence-electron chi connectivity index (χ0n) is 19.9. The molecular weight excluding hydrogens is 464 g/mol. The first-order chi connectivity index (χ1) is 16.7. The van der Waals surface area contributed by atoms with Crippen molar-refractivity contribution in [3.63, 3.8) is 0 Å². The molecule has 0 aliphatic heterocycles. The van der Waals surface area contributed by atoms with Crippen LogP contribution in [0.3, 0.4) is 0 Å². The van der Waals surface area contributed by atoms with Crippen molar-refractivity contribution < 1.29 is 18.0 Å². The second-order valence-corrected chi connectivity index (χ2v) is 10.2. The van der Waals surface area contributed by atoms with Gasteiger partial charge in [-0.3, -0.25) is 14.6 Å². The average molecular weight is 495 g/mol. The number of carbonyl (C=O) groups is 2. The summed E-state index contributed by atoms with van der Waals surface area (Å²) in [6.07, 6.45) is 2.72. The van der Waals surface area contributed by atoms with E-state index in [2.05, 4.69) is 10.3 Å². The van der Waals surface area contributed by atoms with Gasteiger partial charge in [0.1, 0.15) is 6.04 Å². The number of pyridine rings is 1. The van der Waals surface area contributed by atoms with Gasteiger partial charge in [0.25, 0.3) is 0 Å². The monoisotopic (exact) mass is 494 g/mol. The summed E-state index contributed by atoms with van der Waals surface area (Å²) >= 11 is 0. The average Bonchev–Trinajstić information content (AvgIpc) is 2.86. The molecular formula is C26H30N4O4S. The van der Waals surface area contributed by atoms with Crippen molar-refractivity contribution in [1.29, 1.82) is 0 Å². The van der Waals surface area contributed by atoms with Crippen LogP contribution < -0.4 is 5.32 Å². The molecule has 184 valence electrons. The van der Waals surface area contributed by atoms with Crippen molar-refractivity contribution in [2.75, 3.05) is 12.8 Å². The number of sulfonamides is 1. The van der Waals surface area contributed by atoms with Crippen molar-refractivity contribution in [1.82, 2.24) is 19.5 Å². The molecule has 0 fully saturated rings. The molecule has 0 saturated carbocycles. The van der Waals surface area contributed by atoms with Crippen molar-refractivity contribution in [2.45, 2.75) is 32.6 Å². The number of hydrogen-bond acceptors (Lipinski definition) is 5. The Bertz CT molecular complexity index is 1210. The fraction of sp³-hybridized carbons (Fsp3) is 0.269. The van der Waals surface area contributed by atoms with E-state index >= 15 is 0 Å². The molecule has 0 unspecified atom stereocenters. The normalized spacial score (nSPS) is 12.2. The molecule has 8 nitrogen and oxygen atoms in total. The van der Waals surface area contributed by atoms with Gasteiger partial charge < -0.3 is 10.2 Å². The van der Waals surface area contributed by atoms with Crippen LogP contribution in [0.5, 0.6) is 0 Å². The van der Waals surface area contributed by atoms with Gasteiger partial charge in [-0.1, -0.05) is 66.7 Å². The molecule has 0 saturated heterocycles. The van der Waals surface area contributed by atoms with E-state index < -0.39 is 22.0 Å². The molecule has 1 N–H and O–H groups in total. The number of hydrogen-bond donors (Lipinski definition) is 1. The quantitative estimate of drug-likeness (QED) is 0.442. The molecule has 2 aromatic carbocycles. The highest BCUT2D eigenvalue weighted by Gasteiger charge is 2.29. The minimum absolute atomic E-state index is 0.0604. The first-order valence-corrected chi connectivity index (χ1v) is 13.1. The molecule has 3 rings (SSSR count). The highest BCUT2D eigenvalue weighted by molar-refractivity contribution is 7.88. The molecule has 0 radical (unpaired) electrons. The summed E-state index contributed by atoms with van der Waals surface area (Å²) in [5.41, 5.74) is 2.29. The Morgan fingerprint density at radius 3 is 2.00 bits per heavy atom. The van der Waals surface area contributed by atoms with Crippen LogP contribution in [-0.4, -0.2) is 53.3 Å². The SMILES string of the molecule is C[C@H](C(=O)NCc1ccccn1)N(Cc1ccccc1)C(=O)CN(Cc1ccccc1)S(C)(=O)=O.